The van der Waals surface area contributed by atoms with Crippen molar-refractivity contribution in [3.8, 4) is 0 Å². The summed E-state index contributed by atoms with van der Waals surface area (Å²) in [5.41, 5.74) is -1.01. The highest BCUT2D eigenvalue weighted by atomic mass is 35.5. The fourth-order valence-electron chi connectivity index (χ4n) is 1.19. The number of esters is 1. The van der Waals surface area contributed by atoms with E-state index in [1.165, 1.54) is 0 Å². The molecule has 0 aliphatic rings. The Morgan fingerprint density at radius 2 is 2.12 bits per heavy atom. The van der Waals surface area contributed by atoms with Crippen molar-refractivity contribution in [2.75, 3.05) is 7.11 Å². The van der Waals surface area contributed by atoms with E-state index in [2.05, 4.69) is 4.74 Å². The predicted octanol–water partition coefficient (Wildman–Crippen LogP) is 2.88. The Bertz CT molecular complexity index is 432. The summed E-state index contributed by atoms with van der Waals surface area (Å²) in [7, 11) is 1.13. The number of hydrogen-bond donors (Lipinski definition) is 0. The van der Waals surface area contributed by atoms with Gasteiger partial charge in [0, 0.05) is 11.1 Å². The summed E-state index contributed by atoms with van der Waals surface area (Å²) in [5, 5.41) is -0.320. The molecule has 6 heteroatoms. The third-order valence-corrected chi connectivity index (χ3v) is 2.38. The van der Waals surface area contributed by atoms with E-state index in [1.807, 2.05) is 0 Å². The second-order valence-corrected chi connectivity index (χ2v) is 3.22. The summed E-state index contributed by atoms with van der Waals surface area (Å²) >= 11 is 5.67. The van der Waals surface area contributed by atoms with Gasteiger partial charge in [-0.3, -0.25) is 4.79 Å². The lowest BCUT2D eigenvalue weighted by Crippen LogP contribution is -2.06. The van der Waals surface area contributed by atoms with Crippen LogP contribution >= 0.6 is 11.6 Å². The van der Waals surface area contributed by atoms with Crippen molar-refractivity contribution in [2.24, 2.45) is 0 Å². The Labute approximate surface area is 95.0 Å². The van der Waals surface area contributed by atoms with Crippen LogP contribution in [0.1, 0.15) is 32.7 Å². The quantitative estimate of drug-likeness (QED) is 0.610. The van der Waals surface area contributed by atoms with Crippen molar-refractivity contribution in [3.63, 3.8) is 0 Å². The summed E-state index contributed by atoms with van der Waals surface area (Å²) in [6, 6.07) is 2.08. The molecule has 16 heavy (non-hydrogen) atoms. The standard InChI is InChI=1S/C10H7ClF2O3/c1-16-10(15)6-3-2-5(9(12)13)7(4-14)8(6)11/h2-4,9H,1H3. The van der Waals surface area contributed by atoms with Crippen LogP contribution in [-0.4, -0.2) is 19.4 Å². The van der Waals surface area contributed by atoms with Crippen LogP contribution in [0.2, 0.25) is 5.02 Å². The molecule has 0 bridgehead atoms. The molecule has 0 unspecified atom stereocenters. The van der Waals surface area contributed by atoms with Crippen LogP contribution < -0.4 is 0 Å². The molecule has 0 heterocycles. The molecule has 0 spiro atoms. The van der Waals surface area contributed by atoms with Crippen LogP contribution in [0.4, 0.5) is 8.78 Å². The van der Waals surface area contributed by atoms with E-state index in [0.717, 1.165) is 19.2 Å². The van der Waals surface area contributed by atoms with Gasteiger partial charge in [-0.2, -0.15) is 0 Å². The van der Waals surface area contributed by atoms with Gasteiger partial charge in [-0.1, -0.05) is 17.7 Å². The van der Waals surface area contributed by atoms with E-state index in [-0.39, 0.29) is 22.4 Å². The number of alkyl halides is 2. The number of rotatable bonds is 3. The Balaban J connectivity index is 3.40. The third-order valence-electron chi connectivity index (χ3n) is 1.97. The highest BCUT2D eigenvalue weighted by Gasteiger charge is 2.21. The minimum atomic E-state index is -2.83. The maximum atomic E-state index is 12.5. The van der Waals surface area contributed by atoms with Gasteiger partial charge >= 0.3 is 5.97 Å². The van der Waals surface area contributed by atoms with Crippen molar-refractivity contribution in [3.05, 3.63) is 33.8 Å². The second-order valence-electron chi connectivity index (χ2n) is 2.84. The molecule has 0 saturated carbocycles. The predicted molar refractivity (Wildman–Crippen MR) is 53.1 cm³/mol. The average Bonchev–Trinajstić information content (AvgIpc) is 2.27. The molecule has 86 valence electrons. The zero-order valence-electron chi connectivity index (χ0n) is 8.17. The van der Waals surface area contributed by atoms with Gasteiger partial charge < -0.3 is 4.74 Å². The summed E-state index contributed by atoms with van der Waals surface area (Å²) in [6.07, 6.45) is -2.64. The van der Waals surface area contributed by atoms with E-state index in [0.29, 0.717) is 0 Å². The molecule has 1 aromatic rings. The Hall–Kier alpha value is -1.49. The third kappa shape index (κ3) is 2.19. The number of aldehydes is 1. The Kier molecular flexibility index (Phi) is 3.95. The molecule has 3 nitrogen and oxygen atoms in total. The van der Waals surface area contributed by atoms with Crippen LogP contribution in [0, 0.1) is 0 Å². The zero-order chi connectivity index (χ0) is 12.3. The first-order chi connectivity index (χ1) is 7.52. The van der Waals surface area contributed by atoms with Crippen molar-refractivity contribution >= 4 is 23.9 Å². The number of methoxy groups -OCH3 is 1. The zero-order valence-corrected chi connectivity index (χ0v) is 8.92. The lowest BCUT2D eigenvalue weighted by molar-refractivity contribution is 0.0600. The van der Waals surface area contributed by atoms with E-state index in [9.17, 15) is 18.4 Å². The number of carbonyl (C=O) groups is 2. The monoisotopic (exact) mass is 248 g/mol. The lowest BCUT2D eigenvalue weighted by Gasteiger charge is -2.08. The molecule has 0 amide bonds. The van der Waals surface area contributed by atoms with Crippen LogP contribution in [0.5, 0.6) is 0 Å². The first-order valence-electron chi connectivity index (χ1n) is 4.17. The van der Waals surface area contributed by atoms with E-state index in [4.69, 9.17) is 11.6 Å². The molecular weight excluding hydrogens is 242 g/mol. The first-order valence-corrected chi connectivity index (χ1v) is 4.54. The largest absolute Gasteiger partial charge is 0.465 e. The molecular formula is C10H7ClF2O3. The molecule has 1 rings (SSSR count). The van der Waals surface area contributed by atoms with Crippen LogP contribution in [-0.2, 0) is 4.74 Å². The Morgan fingerprint density at radius 1 is 1.50 bits per heavy atom. The van der Waals surface area contributed by atoms with Gasteiger partial charge in [-0.05, 0) is 6.07 Å². The van der Waals surface area contributed by atoms with Crippen LogP contribution in [0.25, 0.3) is 0 Å². The topological polar surface area (TPSA) is 43.4 Å². The number of hydrogen-bond acceptors (Lipinski definition) is 3. The number of halogens is 3. The summed E-state index contributed by atoms with van der Waals surface area (Å²) in [6.45, 7) is 0. The average molecular weight is 249 g/mol. The van der Waals surface area contributed by atoms with Crippen molar-refractivity contribution in [1.29, 1.82) is 0 Å². The van der Waals surface area contributed by atoms with Crippen LogP contribution in [0.15, 0.2) is 12.1 Å². The highest BCUT2D eigenvalue weighted by molar-refractivity contribution is 6.36. The van der Waals surface area contributed by atoms with Gasteiger partial charge in [-0.15, -0.1) is 0 Å². The number of ether oxygens (including phenoxy) is 1. The molecule has 0 aliphatic heterocycles. The second kappa shape index (κ2) is 5.03. The minimum Gasteiger partial charge on any atom is -0.465 e. The van der Waals surface area contributed by atoms with Crippen molar-refractivity contribution in [1.82, 2.24) is 0 Å². The number of carbonyl (C=O) groups excluding carboxylic acids is 2. The fourth-order valence-corrected chi connectivity index (χ4v) is 1.48. The maximum absolute atomic E-state index is 12.5. The summed E-state index contributed by atoms with van der Waals surface area (Å²) in [5.74, 6) is -0.783. The maximum Gasteiger partial charge on any atom is 0.339 e. The SMILES string of the molecule is COC(=O)c1ccc(C(F)F)c(C=O)c1Cl. The first kappa shape index (κ1) is 12.6. The van der Waals surface area contributed by atoms with Gasteiger partial charge in [0.05, 0.1) is 17.7 Å². The molecule has 0 radical (unpaired) electrons. The molecule has 0 fully saturated rings. The van der Waals surface area contributed by atoms with Crippen molar-refractivity contribution in [2.45, 2.75) is 6.43 Å². The van der Waals surface area contributed by atoms with Crippen LogP contribution in [0.3, 0.4) is 0 Å². The normalized spacial score (nSPS) is 10.3. The van der Waals surface area contributed by atoms with Crippen molar-refractivity contribution < 1.29 is 23.1 Å². The fraction of sp³-hybridized carbons (Fsp3) is 0.200. The molecule has 0 aromatic heterocycles. The van der Waals surface area contributed by atoms with Gasteiger partial charge in [0.15, 0.2) is 6.29 Å². The van der Waals surface area contributed by atoms with E-state index < -0.39 is 18.0 Å². The highest BCUT2D eigenvalue weighted by Crippen LogP contribution is 2.30. The summed E-state index contributed by atoms with van der Waals surface area (Å²) < 4.78 is 29.3. The molecule has 0 saturated heterocycles. The van der Waals surface area contributed by atoms with E-state index >= 15 is 0 Å². The smallest absolute Gasteiger partial charge is 0.339 e. The molecule has 0 N–H and O–H groups in total. The van der Waals surface area contributed by atoms with Gasteiger partial charge in [-0.25, -0.2) is 13.6 Å². The van der Waals surface area contributed by atoms with E-state index in [1.54, 1.807) is 0 Å². The summed E-state index contributed by atoms with van der Waals surface area (Å²) in [4.78, 5) is 21.8. The minimum absolute atomic E-state index is 0.115. The Morgan fingerprint density at radius 3 is 2.56 bits per heavy atom. The molecule has 0 aliphatic carbocycles. The molecule has 1 aromatic carbocycles. The van der Waals surface area contributed by atoms with Gasteiger partial charge in [0.25, 0.3) is 6.43 Å². The lowest BCUT2D eigenvalue weighted by atomic mass is 10.0. The molecule has 0 atom stereocenters. The van der Waals surface area contributed by atoms with Gasteiger partial charge in [0.1, 0.15) is 0 Å². The van der Waals surface area contributed by atoms with Gasteiger partial charge in [0.2, 0.25) is 0 Å². The number of benzene rings is 1.